The maximum atomic E-state index is 12.0. The van der Waals surface area contributed by atoms with E-state index < -0.39 is 0 Å². The lowest BCUT2D eigenvalue weighted by Gasteiger charge is -2.33. The molecule has 0 spiro atoms. The van der Waals surface area contributed by atoms with Crippen LogP contribution in [0, 0.1) is 0 Å². The molecule has 0 aliphatic heterocycles. The van der Waals surface area contributed by atoms with Gasteiger partial charge in [-0.2, -0.15) is 0 Å². The first kappa shape index (κ1) is 23.5. The molecular weight excluding hydrogens is 372 g/mol. The van der Waals surface area contributed by atoms with Gasteiger partial charge in [-0.05, 0) is 43.0 Å². The van der Waals surface area contributed by atoms with E-state index >= 15 is 0 Å². The molecule has 2 rings (SSSR count). The molecular formula is C25H36N4O. The Morgan fingerprint density at radius 3 is 2.10 bits per heavy atom. The molecule has 0 aromatic heterocycles. The molecule has 0 aliphatic carbocycles. The highest BCUT2D eigenvalue weighted by Gasteiger charge is 2.28. The predicted octanol–water partition coefficient (Wildman–Crippen LogP) is 4.20. The average Bonchev–Trinajstić information content (AvgIpc) is 2.78. The van der Waals surface area contributed by atoms with E-state index in [4.69, 9.17) is 4.99 Å². The first-order chi connectivity index (χ1) is 14.5. The summed E-state index contributed by atoms with van der Waals surface area (Å²) in [6, 6.07) is 18.4. The van der Waals surface area contributed by atoms with Crippen molar-refractivity contribution < 1.29 is 4.79 Å². The monoisotopic (exact) mass is 408 g/mol. The summed E-state index contributed by atoms with van der Waals surface area (Å²) in [5, 5.41) is 6.90. The van der Waals surface area contributed by atoms with Gasteiger partial charge in [-0.25, -0.2) is 4.99 Å². The van der Waals surface area contributed by atoms with Crippen molar-refractivity contribution in [2.24, 2.45) is 4.99 Å². The Labute approximate surface area is 181 Å². The lowest BCUT2D eigenvalue weighted by atomic mass is 9.76. The molecule has 0 saturated heterocycles. The molecule has 5 heteroatoms. The molecule has 0 saturated carbocycles. The normalized spacial score (nSPS) is 11.8. The van der Waals surface area contributed by atoms with Crippen molar-refractivity contribution >= 4 is 11.9 Å². The first-order valence-electron chi connectivity index (χ1n) is 10.8. The second kappa shape index (κ2) is 11.4. The summed E-state index contributed by atoms with van der Waals surface area (Å²) in [7, 11) is 3.52. The van der Waals surface area contributed by atoms with Crippen molar-refractivity contribution in [3.8, 4) is 0 Å². The minimum absolute atomic E-state index is 0.0106. The molecule has 2 aromatic carbocycles. The number of carbonyl (C=O) groups is 1. The number of aliphatic imine (C=N–C) groups is 1. The van der Waals surface area contributed by atoms with Gasteiger partial charge in [0.1, 0.15) is 0 Å². The van der Waals surface area contributed by atoms with Crippen molar-refractivity contribution in [2.45, 2.75) is 45.6 Å². The summed E-state index contributed by atoms with van der Waals surface area (Å²) >= 11 is 0. The number of amides is 1. The van der Waals surface area contributed by atoms with Gasteiger partial charge in [0.15, 0.2) is 5.96 Å². The molecule has 0 fully saturated rings. The molecule has 2 N–H and O–H groups in total. The topological polar surface area (TPSA) is 56.7 Å². The predicted molar refractivity (Wildman–Crippen MR) is 126 cm³/mol. The summed E-state index contributed by atoms with van der Waals surface area (Å²) in [6.07, 6.45) is 2.11. The van der Waals surface area contributed by atoms with Crippen LogP contribution >= 0.6 is 0 Å². The van der Waals surface area contributed by atoms with Crippen molar-refractivity contribution in [2.75, 3.05) is 27.2 Å². The average molecular weight is 409 g/mol. The minimum atomic E-state index is 0.0106. The maximum absolute atomic E-state index is 12.0. The third-order valence-corrected chi connectivity index (χ3v) is 5.70. The summed E-state index contributed by atoms with van der Waals surface area (Å²) < 4.78 is 0. The number of guanidine groups is 1. The molecule has 0 atom stereocenters. The fraction of sp³-hybridized carbons (Fsp3) is 0.440. The van der Waals surface area contributed by atoms with E-state index in [-0.39, 0.29) is 11.3 Å². The number of rotatable bonds is 9. The standard InChI is InChI=1S/C25H36N4O/c1-6-25(7-2,22-12-10-9-11-13-22)19-28-24(26-8-3)27-18-20-14-16-21(17-15-20)23(30)29(4)5/h9-17H,6-8,18-19H2,1-5H3,(H2,26,27,28). The molecule has 0 radical (unpaired) electrons. The van der Waals surface area contributed by atoms with E-state index in [1.807, 2.05) is 24.3 Å². The van der Waals surface area contributed by atoms with Crippen LogP contribution in [0.25, 0.3) is 0 Å². The van der Waals surface area contributed by atoms with Gasteiger partial charge in [0.2, 0.25) is 0 Å². The highest BCUT2D eigenvalue weighted by Crippen LogP contribution is 2.30. The largest absolute Gasteiger partial charge is 0.357 e. The summed E-state index contributed by atoms with van der Waals surface area (Å²) in [5.74, 6) is 0.824. The second-order valence-electron chi connectivity index (χ2n) is 7.80. The second-order valence-corrected chi connectivity index (χ2v) is 7.80. The zero-order chi connectivity index (χ0) is 22.0. The van der Waals surface area contributed by atoms with Gasteiger partial charge >= 0.3 is 0 Å². The molecule has 5 nitrogen and oxygen atoms in total. The van der Waals surface area contributed by atoms with E-state index in [2.05, 4.69) is 61.7 Å². The van der Waals surface area contributed by atoms with E-state index in [9.17, 15) is 4.79 Å². The Hall–Kier alpha value is -2.82. The Bertz CT molecular complexity index is 809. The molecule has 0 heterocycles. The smallest absolute Gasteiger partial charge is 0.253 e. The third kappa shape index (κ3) is 6.09. The zero-order valence-corrected chi connectivity index (χ0v) is 19.0. The third-order valence-electron chi connectivity index (χ3n) is 5.70. The van der Waals surface area contributed by atoms with Crippen LogP contribution in [0.3, 0.4) is 0 Å². The molecule has 0 bridgehead atoms. The number of hydrogen-bond acceptors (Lipinski definition) is 2. The Kier molecular flexibility index (Phi) is 8.90. The van der Waals surface area contributed by atoms with Gasteiger partial charge in [0.05, 0.1) is 6.54 Å². The summed E-state index contributed by atoms with van der Waals surface area (Å²) in [5.41, 5.74) is 3.20. The number of nitrogens with one attached hydrogen (secondary N) is 2. The van der Waals surface area contributed by atoms with Crippen LogP contribution in [0.15, 0.2) is 59.6 Å². The van der Waals surface area contributed by atoms with Crippen LogP contribution in [-0.4, -0.2) is 44.0 Å². The summed E-state index contributed by atoms with van der Waals surface area (Å²) in [4.78, 5) is 18.4. The van der Waals surface area contributed by atoms with E-state index in [1.165, 1.54) is 5.56 Å². The Balaban J connectivity index is 2.09. The molecule has 1 amide bonds. The van der Waals surface area contributed by atoms with Crippen LogP contribution in [0.1, 0.15) is 55.1 Å². The van der Waals surface area contributed by atoms with Gasteiger partial charge in [-0.15, -0.1) is 0 Å². The SMILES string of the molecule is CCNC(=NCc1ccc(C(=O)N(C)C)cc1)NCC(CC)(CC)c1ccccc1. The van der Waals surface area contributed by atoms with Crippen molar-refractivity contribution in [1.82, 2.24) is 15.5 Å². The Morgan fingerprint density at radius 1 is 0.933 bits per heavy atom. The van der Waals surface area contributed by atoms with Crippen LogP contribution in [0.2, 0.25) is 0 Å². The van der Waals surface area contributed by atoms with Gasteiger partial charge in [0, 0.05) is 38.2 Å². The van der Waals surface area contributed by atoms with Crippen LogP contribution < -0.4 is 10.6 Å². The van der Waals surface area contributed by atoms with Crippen molar-refractivity contribution in [3.63, 3.8) is 0 Å². The van der Waals surface area contributed by atoms with Crippen LogP contribution in [-0.2, 0) is 12.0 Å². The highest BCUT2D eigenvalue weighted by molar-refractivity contribution is 5.93. The minimum Gasteiger partial charge on any atom is -0.357 e. The van der Waals surface area contributed by atoms with Gasteiger partial charge in [-0.1, -0.05) is 56.3 Å². The molecule has 162 valence electrons. The fourth-order valence-electron chi connectivity index (χ4n) is 3.58. The maximum Gasteiger partial charge on any atom is 0.253 e. The van der Waals surface area contributed by atoms with E-state index in [1.54, 1.807) is 19.0 Å². The number of nitrogens with zero attached hydrogens (tertiary/aromatic N) is 2. The zero-order valence-electron chi connectivity index (χ0n) is 19.0. The molecule has 0 aliphatic rings. The lowest BCUT2D eigenvalue weighted by Crippen LogP contribution is -2.45. The summed E-state index contributed by atoms with van der Waals surface area (Å²) in [6.45, 7) is 8.76. The molecule has 2 aromatic rings. The first-order valence-corrected chi connectivity index (χ1v) is 10.8. The lowest BCUT2D eigenvalue weighted by molar-refractivity contribution is 0.0827. The number of hydrogen-bond donors (Lipinski definition) is 2. The van der Waals surface area contributed by atoms with Gasteiger partial charge in [0.25, 0.3) is 5.91 Å². The number of benzene rings is 2. The van der Waals surface area contributed by atoms with E-state index in [0.29, 0.717) is 12.1 Å². The molecule has 0 unspecified atom stereocenters. The molecule has 30 heavy (non-hydrogen) atoms. The fourth-order valence-corrected chi connectivity index (χ4v) is 3.58. The van der Waals surface area contributed by atoms with Crippen LogP contribution in [0.4, 0.5) is 0 Å². The van der Waals surface area contributed by atoms with E-state index in [0.717, 1.165) is 37.5 Å². The number of carbonyl (C=O) groups excluding carboxylic acids is 1. The Morgan fingerprint density at radius 2 is 1.57 bits per heavy atom. The van der Waals surface area contributed by atoms with Gasteiger partial charge in [-0.3, -0.25) is 4.79 Å². The van der Waals surface area contributed by atoms with Crippen molar-refractivity contribution in [1.29, 1.82) is 0 Å². The van der Waals surface area contributed by atoms with Crippen LogP contribution in [0.5, 0.6) is 0 Å². The van der Waals surface area contributed by atoms with Crippen molar-refractivity contribution in [3.05, 3.63) is 71.3 Å². The van der Waals surface area contributed by atoms with Gasteiger partial charge < -0.3 is 15.5 Å². The quantitative estimate of drug-likeness (QED) is 0.483. The highest BCUT2D eigenvalue weighted by atomic mass is 16.2.